The van der Waals surface area contributed by atoms with Crippen molar-refractivity contribution in [3.8, 4) is 50.4 Å². The van der Waals surface area contributed by atoms with Crippen molar-refractivity contribution in [2.45, 2.75) is 158 Å². The number of ketones is 4. The molecule has 0 aliphatic rings. The fourth-order valence-electron chi connectivity index (χ4n) is 14.0. The highest BCUT2D eigenvalue weighted by atomic mass is 35.5. The molecule has 4 aromatic heterocycles. The van der Waals surface area contributed by atoms with E-state index < -0.39 is 5.95 Å². The number of hydrogen-bond donors (Lipinski definition) is 1. The average Bonchev–Trinajstić information content (AvgIpc) is 0.840. The number of halogens is 2. The van der Waals surface area contributed by atoms with Gasteiger partial charge in [-0.3, -0.25) is 38.4 Å². The maximum absolute atomic E-state index is 12.9. The first kappa shape index (κ1) is 95.6. The Hall–Kier alpha value is -13.3. The molecule has 0 saturated carbocycles. The molecule has 4 amide bonds. The van der Waals surface area contributed by atoms with Crippen LogP contribution in [0.1, 0.15) is 196 Å². The smallest absolute Gasteiger partial charge is 0.226 e. The molecule has 0 spiro atoms. The van der Waals surface area contributed by atoms with Crippen LogP contribution in [0.4, 0.5) is 33.0 Å². The van der Waals surface area contributed by atoms with Gasteiger partial charge in [-0.25, -0.2) is 19.9 Å². The summed E-state index contributed by atoms with van der Waals surface area (Å²) in [7, 11) is 1.58. The van der Waals surface area contributed by atoms with Gasteiger partial charge in [0.1, 0.15) is 11.0 Å². The molecule has 2 N–H and O–H groups in total. The van der Waals surface area contributed by atoms with Crippen molar-refractivity contribution in [1.29, 1.82) is 0 Å². The largest absolute Gasteiger partial charge is 0.481 e. The number of anilines is 5. The number of ether oxygens (including phenoxy) is 1. The minimum absolute atomic E-state index is 0.0412. The Bertz CT molecular complexity index is 5030. The minimum Gasteiger partial charge on any atom is -0.481 e. The molecule has 0 aliphatic carbocycles. The second-order valence-electron chi connectivity index (χ2n) is 30.1. The molecule has 0 fully saturated rings. The fraction of sp³-hybridized carbons (Fsp3) is 0.276. The lowest BCUT2D eigenvalue weighted by atomic mass is 9.99. The zero-order valence-corrected chi connectivity index (χ0v) is 73.9. The summed E-state index contributed by atoms with van der Waals surface area (Å²) in [5.74, 6) is 1.40. The van der Waals surface area contributed by atoms with Gasteiger partial charge in [0, 0.05) is 153 Å². The predicted molar refractivity (Wildman–Crippen MR) is 503 cm³/mol. The van der Waals surface area contributed by atoms with Gasteiger partial charge in [-0.2, -0.15) is 4.39 Å². The molecule has 646 valence electrons. The second-order valence-corrected chi connectivity index (χ2v) is 30.5. The van der Waals surface area contributed by atoms with E-state index in [1.165, 1.54) is 12.3 Å². The minimum atomic E-state index is -0.520. The van der Waals surface area contributed by atoms with Crippen LogP contribution in [0.2, 0.25) is 5.15 Å². The van der Waals surface area contributed by atoms with Gasteiger partial charge in [-0.15, -0.1) is 0 Å². The number of benzene rings is 8. The summed E-state index contributed by atoms with van der Waals surface area (Å²) in [6.07, 6.45) is 16.3. The summed E-state index contributed by atoms with van der Waals surface area (Å²) in [6, 6.07) is 76.5. The third-order valence-electron chi connectivity index (χ3n) is 21.1. The van der Waals surface area contributed by atoms with Crippen LogP contribution in [0.15, 0.2) is 267 Å². The monoisotopic (exact) mass is 1700 g/mol. The number of pyridine rings is 4. The Morgan fingerprint density at radius 3 is 0.752 bits per heavy atom. The highest BCUT2D eigenvalue weighted by Crippen LogP contribution is 2.31. The maximum atomic E-state index is 12.9. The van der Waals surface area contributed by atoms with Crippen LogP contribution in [0.3, 0.4) is 0 Å². The normalized spacial score (nSPS) is 10.6. The SMILES string of the molecule is CCCN(C(=O)CC)c1ccc(-c2ccc(C(=O)CCc3ccc(Cl)nc3)cc2)cc1.CCCN(C(=O)CC)c1ccc(-c2ccc(C(=O)CCc3ccc(F)nc3)cc2)cc1.CCCN(C(=O)CC)c1ccc(-c2ccc(C(=O)CCc3ccc(N)nc3)cc2)cc1.CCCN(C(=O)CC)c1ccc(-c2ccc(C(=O)CCc3ccc(OC)nc3)cc2)cc1. The molecule has 18 nitrogen and oxygen atoms in total. The van der Waals surface area contributed by atoms with E-state index in [2.05, 4.69) is 47.6 Å². The molecule has 12 rings (SSSR count). The zero-order valence-electron chi connectivity index (χ0n) is 73.1. The molecular formula is C105H113ClFN9O9. The van der Waals surface area contributed by atoms with E-state index in [1.54, 1.807) is 50.0 Å². The molecule has 0 aliphatic heterocycles. The topological polar surface area (TPSA) is 236 Å². The number of aryl methyl sites for hydroxylation is 4. The predicted octanol–water partition coefficient (Wildman–Crippen LogP) is 23.3. The van der Waals surface area contributed by atoms with Crippen molar-refractivity contribution in [2.75, 3.05) is 58.6 Å². The summed E-state index contributed by atoms with van der Waals surface area (Å²) < 4.78 is 17.9. The number of aromatic nitrogens is 4. The van der Waals surface area contributed by atoms with Crippen LogP contribution in [0.25, 0.3) is 44.5 Å². The van der Waals surface area contributed by atoms with Crippen molar-refractivity contribution in [3.05, 3.63) is 323 Å². The number of hydrogen-bond acceptors (Lipinski definition) is 14. The maximum Gasteiger partial charge on any atom is 0.226 e. The van der Waals surface area contributed by atoms with E-state index >= 15 is 0 Å². The molecule has 4 heterocycles. The quantitative estimate of drug-likeness (QED) is 0.0282. The van der Waals surface area contributed by atoms with Crippen molar-refractivity contribution < 1.29 is 47.5 Å². The molecule has 20 heteroatoms. The first-order chi connectivity index (χ1) is 60.6. The first-order valence-corrected chi connectivity index (χ1v) is 43.5. The average molecular weight is 1700 g/mol. The molecule has 0 radical (unpaired) electrons. The van der Waals surface area contributed by atoms with Gasteiger partial charge in [-0.05, 0) is 185 Å². The lowest BCUT2D eigenvalue weighted by Crippen LogP contribution is -2.30. The lowest BCUT2D eigenvalue weighted by molar-refractivity contribution is -0.119. The number of methoxy groups -OCH3 is 1. The number of amides is 4. The van der Waals surface area contributed by atoms with Crippen LogP contribution in [0.5, 0.6) is 5.88 Å². The highest BCUT2D eigenvalue weighted by Gasteiger charge is 2.20. The van der Waals surface area contributed by atoms with E-state index in [1.807, 2.05) is 260 Å². The van der Waals surface area contributed by atoms with Crippen LogP contribution in [-0.4, -0.2) is 100.0 Å². The lowest BCUT2D eigenvalue weighted by Gasteiger charge is -2.22. The Balaban J connectivity index is 0.000000189. The Kier molecular flexibility index (Phi) is 38.0. The summed E-state index contributed by atoms with van der Waals surface area (Å²) in [5.41, 5.74) is 24.2. The summed E-state index contributed by atoms with van der Waals surface area (Å²) in [4.78, 5) is 122. The van der Waals surface area contributed by atoms with Gasteiger partial charge in [0.15, 0.2) is 23.1 Å². The molecular weight excluding hydrogens is 1590 g/mol. The molecule has 0 atom stereocenters. The van der Waals surface area contributed by atoms with E-state index in [4.69, 9.17) is 22.1 Å². The summed E-state index contributed by atoms with van der Waals surface area (Å²) in [5, 5.41) is 0.453. The van der Waals surface area contributed by atoms with Gasteiger partial charge in [0.25, 0.3) is 0 Å². The van der Waals surface area contributed by atoms with E-state index in [0.717, 1.165) is 135 Å². The van der Waals surface area contributed by atoms with E-state index in [0.29, 0.717) is 123 Å². The van der Waals surface area contributed by atoms with Crippen molar-refractivity contribution in [1.82, 2.24) is 19.9 Å². The number of carbonyl (C=O) groups is 8. The molecule has 125 heavy (non-hydrogen) atoms. The van der Waals surface area contributed by atoms with E-state index in [-0.39, 0.29) is 46.8 Å². The number of rotatable bonds is 37. The third kappa shape index (κ3) is 28.9. The zero-order chi connectivity index (χ0) is 89.6. The fourth-order valence-corrected chi connectivity index (χ4v) is 14.1. The van der Waals surface area contributed by atoms with Crippen molar-refractivity contribution in [3.63, 3.8) is 0 Å². The van der Waals surface area contributed by atoms with Crippen molar-refractivity contribution in [2.24, 2.45) is 0 Å². The van der Waals surface area contributed by atoms with Gasteiger partial charge in [0.05, 0.1) is 7.11 Å². The number of carbonyl (C=O) groups excluding carboxylic acids is 8. The molecule has 0 saturated heterocycles. The second kappa shape index (κ2) is 49.7. The van der Waals surface area contributed by atoms with Crippen molar-refractivity contribution >= 4 is 86.9 Å². The van der Waals surface area contributed by atoms with Gasteiger partial charge in [0.2, 0.25) is 35.5 Å². The highest BCUT2D eigenvalue weighted by molar-refractivity contribution is 6.29. The standard InChI is InChI=1S/C27H30N2O3.C26H27ClN2O2.C26H27FN2O2.C26H29N3O2/c1-4-18-29(27(31)5-2)24-14-12-22(13-15-24)21-8-10-23(11-9-21)25(30)16-6-20-7-17-26(32-3)28-19-20;3*1-3-17-29(26(31)4-2)23-13-11-21(12-14-23)20-7-9-22(10-8-20)24(30)15-5-19-6-16-25(27)28-18-19/h7-15,17,19H,4-6,16,18H2,1-3H3;2*6-14,16,18H,3-5,15,17H2,1-2H3;6-14,16,18H,3-5,15,17H2,1-2H3,(H2,27,28). The van der Waals surface area contributed by atoms with E-state index in [9.17, 15) is 42.7 Å². The molecule has 8 aromatic carbocycles. The van der Waals surface area contributed by atoms with Gasteiger partial charge >= 0.3 is 0 Å². The number of Topliss-reactive ketones (excluding diaryl/α,β-unsaturated/α-hetero) is 4. The molecule has 12 aromatic rings. The van der Waals surface area contributed by atoms with Crippen LogP contribution in [0, 0.1) is 5.95 Å². The third-order valence-corrected chi connectivity index (χ3v) is 21.3. The Labute approximate surface area is 740 Å². The van der Waals surface area contributed by atoms with Gasteiger partial charge in [-0.1, -0.05) is 237 Å². The van der Waals surface area contributed by atoms with Crippen LogP contribution >= 0.6 is 11.6 Å². The molecule has 0 bridgehead atoms. The van der Waals surface area contributed by atoms with Crippen LogP contribution < -0.4 is 30.1 Å². The first-order valence-electron chi connectivity index (χ1n) is 43.2. The number of nitrogens with zero attached hydrogens (tertiary/aromatic N) is 8. The van der Waals surface area contributed by atoms with Gasteiger partial charge < -0.3 is 30.1 Å². The molecule has 0 unspecified atom stereocenters. The summed E-state index contributed by atoms with van der Waals surface area (Å²) in [6.45, 7) is 18.7. The number of nitrogens with two attached hydrogens (primary N) is 1. The number of nitrogen functional groups attached to an aromatic ring is 1. The van der Waals surface area contributed by atoms with Crippen LogP contribution in [-0.2, 0) is 44.9 Å². The summed E-state index contributed by atoms with van der Waals surface area (Å²) >= 11 is 5.80. The Morgan fingerprint density at radius 1 is 0.304 bits per heavy atom. The Morgan fingerprint density at radius 2 is 0.544 bits per heavy atom.